The molecule has 1 unspecified atom stereocenters. The molecule has 0 saturated carbocycles. The Balaban J connectivity index is 3.02. The van der Waals surface area contributed by atoms with Gasteiger partial charge < -0.3 is 15.9 Å². The second-order valence-corrected chi connectivity index (χ2v) is 2.25. The van der Waals surface area contributed by atoms with E-state index in [1.54, 1.807) is 0 Å². The predicted octanol–water partition coefficient (Wildman–Crippen LogP) is -0.218. The van der Waals surface area contributed by atoms with Gasteiger partial charge in [0, 0.05) is 23.6 Å². The minimum Gasteiger partial charge on any atom is -0.479 e. The van der Waals surface area contributed by atoms with Gasteiger partial charge in [0.05, 0.1) is 0 Å². The second-order valence-electron chi connectivity index (χ2n) is 2.25. The molecular formula is C7H8N2O3. The standard InChI is InChI=1S/C7H8N2O3/c8-5-1-2-9-3-4(5)6(10)7(11)12/h1-3,6,10H,(H2,8,9)(H,11,12). The lowest BCUT2D eigenvalue weighted by Gasteiger charge is -2.06. The minimum absolute atomic E-state index is 0.116. The van der Waals surface area contributed by atoms with Gasteiger partial charge in [-0.2, -0.15) is 0 Å². The van der Waals surface area contributed by atoms with Gasteiger partial charge in [-0.1, -0.05) is 0 Å². The number of aliphatic hydroxyl groups is 1. The number of nitrogens with zero attached hydrogens (tertiary/aromatic N) is 1. The van der Waals surface area contributed by atoms with Gasteiger partial charge >= 0.3 is 5.97 Å². The predicted molar refractivity (Wildman–Crippen MR) is 41.2 cm³/mol. The highest BCUT2D eigenvalue weighted by Gasteiger charge is 2.18. The first-order chi connectivity index (χ1) is 5.63. The molecule has 5 nitrogen and oxygen atoms in total. The van der Waals surface area contributed by atoms with Gasteiger partial charge in [0.1, 0.15) is 0 Å². The van der Waals surface area contributed by atoms with Crippen molar-refractivity contribution in [3.8, 4) is 0 Å². The van der Waals surface area contributed by atoms with Crippen LogP contribution in [0.2, 0.25) is 0 Å². The highest BCUT2D eigenvalue weighted by atomic mass is 16.4. The van der Waals surface area contributed by atoms with Gasteiger partial charge in [-0.15, -0.1) is 0 Å². The number of carboxylic acids is 1. The lowest BCUT2D eigenvalue weighted by molar-refractivity contribution is -0.146. The van der Waals surface area contributed by atoms with Crippen molar-refractivity contribution in [3.63, 3.8) is 0 Å². The van der Waals surface area contributed by atoms with Crippen LogP contribution >= 0.6 is 0 Å². The summed E-state index contributed by atoms with van der Waals surface area (Å²) >= 11 is 0. The fraction of sp³-hybridized carbons (Fsp3) is 0.143. The van der Waals surface area contributed by atoms with E-state index in [2.05, 4.69) is 4.98 Å². The van der Waals surface area contributed by atoms with Gasteiger partial charge in [0.15, 0.2) is 6.10 Å². The Labute approximate surface area is 68.5 Å². The van der Waals surface area contributed by atoms with Crippen LogP contribution in [0.15, 0.2) is 18.5 Å². The first kappa shape index (κ1) is 8.48. The van der Waals surface area contributed by atoms with E-state index in [1.807, 2.05) is 0 Å². The first-order valence-electron chi connectivity index (χ1n) is 3.23. The molecule has 5 heteroatoms. The molecule has 64 valence electrons. The number of hydrogen-bond acceptors (Lipinski definition) is 4. The molecule has 4 N–H and O–H groups in total. The molecule has 0 spiro atoms. The summed E-state index contributed by atoms with van der Waals surface area (Å²) in [6, 6.07) is 1.43. The zero-order valence-corrected chi connectivity index (χ0v) is 6.14. The highest BCUT2D eigenvalue weighted by molar-refractivity contribution is 5.76. The van der Waals surface area contributed by atoms with E-state index >= 15 is 0 Å². The fourth-order valence-corrected chi connectivity index (χ4v) is 0.779. The smallest absolute Gasteiger partial charge is 0.337 e. The van der Waals surface area contributed by atoms with Crippen molar-refractivity contribution in [1.82, 2.24) is 4.98 Å². The Kier molecular flexibility index (Phi) is 2.25. The zero-order chi connectivity index (χ0) is 9.14. The van der Waals surface area contributed by atoms with Crippen molar-refractivity contribution in [2.75, 3.05) is 5.73 Å². The number of nitrogens with two attached hydrogens (primary N) is 1. The summed E-state index contributed by atoms with van der Waals surface area (Å²) in [4.78, 5) is 14.0. The quantitative estimate of drug-likeness (QED) is 0.567. The summed E-state index contributed by atoms with van der Waals surface area (Å²) in [6.07, 6.45) is 1.06. The number of aliphatic carboxylic acids is 1. The van der Waals surface area contributed by atoms with Crippen LogP contribution in [0.3, 0.4) is 0 Å². The molecule has 12 heavy (non-hydrogen) atoms. The minimum atomic E-state index is -1.60. The maximum Gasteiger partial charge on any atom is 0.337 e. The van der Waals surface area contributed by atoms with Crippen LogP contribution in [0, 0.1) is 0 Å². The Morgan fingerprint density at radius 1 is 1.67 bits per heavy atom. The number of nitrogen functional groups attached to an aromatic ring is 1. The molecule has 0 bridgehead atoms. The number of anilines is 1. The van der Waals surface area contributed by atoms with E-state index in [0.29, 0.717) is 0 Å². The summed E-state index contributed by atoms with van der Waals surface area (Å²) in [5, 5.41) is 17.5. The van der Waals surface area contributed by atoms with Gasteiger partial charge in [-0.25, -0.2) is 4.79 Å². The Morgan fingerprint density at radius 2 is 2.33 bits per heavy atom. The number of carbonyl (C=O) groups is 1. The molecule has 1 rings (SSSR count). The third-order valence-electron chi connectivity index (χ3n) is 1.42. The van der Waals surface area contributed by atoms with Crippen molar-refractivity contribution >= 4 is 11.7 Å². The van der Waals surface area contributed by atoms with Crippen LogP contribution in [0.4, 0.5) is 5.69 Å². The molecule has 1 aromatic rings. The van der Waals surface area contributed by atoms with Crippen molar-refractivity contribution in [2.45, 2.75) is 6.10 Å². The molecule has 0 aliphatic rings. The van der Waals surface area contributed by atoms with E-state index < -0.39 is 12.1 Å². The molecule has 1 atom stereocenters. The molecule has 0 aliphatic carbocycles. The van der Waals surface area contributed by atoms with Crippen LogP contribution < -0.4 is 5.73 Å². The van der Waals surface area contributed by atoms with Gasteiger partial charge in [-0.05, 0) is 6.07 Å². The number of carboxylic acid groups (broad SMARTS) is 1. The Morgan fingerprint density at radius 3 is 2.83 bits per heavy atom. The topological polar surface area (TPSA) is 96.4 Å². The van der Waals surface area contributed by atoms with Crippen LogP contribution in [-0.2, 0) is 4.79 Å². The first-order valence-corrected chi connectivity index (χ1v) is 3.23. The van der Waals surface area contributed by atoms with Crippen molar-refractivity contribution < 1.29 is 15.0 Å². The van der Waals surface area contributed by atoms with E-state index in [4.69, 9.17) is 15.9 Å². The normalized spacial score (nSPS) is 12.4. The fourth-order valence-electron chi connectivity index (χ4n) is 0.779. The maximum absolute atomic E-state index is 10.3. The lowest BCUT2D eigenvalue weighted by atomic mass is 10.1. The van der Waals surface area contributed by atoms with Crippen LogP contribution in [0.1, 0.15) is 11.7 Å². The number of aliphatic hydroxyl groups excluding tert-OH is 1. The van der Waals surface area contributed by atoms with Gasteiger partial charge in [0.25, 0.3) is 0 Å². The van der Waals surface area contributed by atoms with Crippen molar-refractivity contribution in [3.05, 3.63) is 24.0 Å². The number of aromatic nitrogens is 1. The monoisotopic (exact) mass is 168 g/mol. The van der Waals surface area contributed by atoms with Crippen molar-refractivity contribution in [2.24, 2.45) is 0 Å². The SMILES string of the molecule is Nc1ccncc1C(O)C(=O)O. The highest BCUT2D eigenvalue weighted by Crippen LogP contribution is 2.18. The Bertz CT molecular complexity index is 300. The number of pyridine rings is 1. The average molecular weight is 168 g/mol. The average Bonchev–Trinajstić information content (AvgIpc) is 2.04. The van der Waals surface area contributed by atoms with Gasteiger partial charge in [-0.3, -0.25) is 4.98 Å². The third-order valence-corrected chi connectivity index (χ3v) is 1.42. The van der Waals surface area contributed by atoms with Crippen molar-refractivity contribution in [1.29, 1.82) is 0 Å². The van der Waals surface area contributed by atoms with Crippen LogP contribution in [-0.4, -0.2) is 21.2 Å². The summed E-state index contributed by atoms with van der Waals surface area (Å²) in [5.74, 6) is -1.34. The summed E-state index contributed by atoms with van der Waals surface area (Å²) in [7, 11) is 0. The molecule has 0 radical (unpaired) electrons. The molecular weight excluding hydrogens is 160 g/mol. The van der Waals surface area contributed by atoms with E-state index in [0.717, 1.165) is 0 Å². The largest absolute Gasteiger partial charge is 0.479 e. The molecule has 0 aliphatic heterocycles. The summed E-state index contributed by atoms with van der Waals surface area (Å²) < 4.78 is 0. The van der Waals surface area contributed by atoms with E-state index in [1.165, 1.54) is 18.5 Å². The molecule has 0 fully saturated rings. The second kappa shape index (κ2) is 3.19. The molecule has 1 heterocycles. The molecule has 1 aromatic heterocycles. The van der Waals surface area contributed by atoms with E-state index in [-0.39, 0.29) is 11.3 Å². The Hall–Kier alpha value is -1.62. The zero-order valence-electron chi connectivity index (χ0n) is 6.14. The summed E-state index contributed by atoms with van der Waals surface area (Å²) in [5.41, 5.74) is 5.73. The molecule has 0 saturated heterocycles. The van der Waals surface area contributed by atoms with Crippen LogP contribution in [0.25, 0.3) is 0 Å². The number of hydrogen-bond donors (Lipinski definition) is 3. The lowest BCUT2D eigenvalue weighted by Crippen LogP contribution is -2.12. The number of rotatable bonds is 2. The van der Waals surface area contributed by atoms with Gasteiger partial charge in [0.2, 0.25) is 0 Å². The summed E-state index contributed by atoms with van der Waals surface area (Å²) in [6.45, 7) is 0. The van der Waals surface area contributed by atoms with E-state index in [9.17, 15) is 4.79 Å². The third kappa shape index (κ3) is 1.51. The molecule has 0 aromatic carbocycles. The van der Waals surface area contributed by atoms with Crippen LogP contribution in [0.5, 0.6) is 0 Å². The maximum atomic E-state index is 10.3. The molecule has 0 amide bonds.